The molecule has 3 N–H and O–H groups in total. The Morgan fingerprint density at radius 3 is 2.72 bits per heavy atom. The van der Waals surface area contributed by atoms with Crippen LogP contribution in [0.1, 0.15) is 19.8 Å². The first kappa shape index (κ1) is 12.3. The molecule has 1 unspecified atom stereocenters. The first-order chi connectivity index (χ1) is 8.52. The smallest absolute Gasteiger partial charge is 0.329 e. The van der Waals surface area contributed by atoms with Gasteiger partial charge in [-0.1, -0.05) is 0 Å². The molecule has 2 amide bonds. The summed E-state index contributed by atoms with van der Waals surface area (Å²) in [7, 11) is 0. The van der Waals surface area contributed by atoms with Crippen LogP contribution in [0.3, 0.4) is 0 Å². The van der Waals surface area contributed by atoms with Crippen LogP contribution in [0, 0.1) is 5.92 Å². The Bertz CT molecular complexity index is 459. The molecule has 1 aliphatic rings. The molecule has 0 radical (unpaired) electrons. The maximum atomic E-state index is 11.8. The minimum atomic E-state index is -1.20. The number of carboxylic acids is 1. The Balaban J connectivity index is 2.00. The molecule has 6 heteroatoms. The predicted octanol–water partition coefficient (Wildman–Crippen LogP) is 1.46. The average molecular weight is 249 g/mol. The molecule has 0 spiro atoms. The summed E-state index contributed by atoms with van der Waals surface area (Å²) in [6.07, 6.45) is 4.75. The van der Waals surface area contributed by atoms with E-state index in [9.17, 15) is 14.7 Å². The number of anilines is 1. The van der Waals surface area contributed by atoms with Crippen molar-refractivity contribution >= 4 is 17.7 Å². The zero-order chi connectivity index (χ0) is 13.2. The lowest BCUT2D eigenvalue weighted by Gasteiger charge is -2.26. The number of aromatic nitrogens is 1. The van der Waals surface area contributed by atoms with Gasteiger partial charge in [-0.2, -0.15) is 0 Å². The van der Waals surface area contributed by atoms with Gasteiger partial charge in [-0.25, -0.2) is 9.59 Å². The standard InChI is InChI=1S/C12H15N3O3/c1-12(10(16)17,8-4-5-8)15-11(18)14-9-3-2-6-13-7-9/h2-3,6-8H,4-5H2,1H3,(H,16,17)(H2,14,15,18). The van der Waals surface area contributed by atoms with E-state index < -0.39 is 17.5 Å². The fourth-order valence-electron chi connectivity index (χ4n) is 1.83. The van der Waals surface area contributed by atoms with Crippen molar-refractivity contribution < 1.29 is 14.7 Å². The van der Waals surface area contributed by atoms with E-state index >= 15 is 0 Å². The molecule has 96 valence electrons. The molecular weight excluding hydrogens is 234 g/mol. The molecular formula is C12H15N3O3. The van der Waals surface area contributed by atoms with Crippen molar-refractivity contribution in [2.24, 2.45) is 5.92 Å². The molecule has 1 heterocycles. The minimum Gasteiger partial charge on any atom is -0.480 e. The van der Waals surface area contributed by atoms with Crippen molar-refractivity contribution in [1.82, 2.24) is 10.3 Å². The number of amides is 2. The third-order valence-corrected chi connectivity index (χ3v) is 3.13. The fourth-order valence-corrected chi connectivity index (χ4v) is 1.83. The van der Waals surface area contributed by atoms with Gasteiger partial charge in [0.15, 0.2) is 0 Å². The van der Waals surface area contributed by atoms with Gasteiger partial charge in [0.2, 0.25) is 0 Å². The second-order valence-electron chi connectivity index (χ2n) is 4.60. The second-order valence-corrected chi connectivity index (χ2v) is 4.60. The number of urea groups is 1. The predicted molar refractivity (Wildman–Crippen MR) is 65.2 cm³/mol. The molecule has 6 nitrogen and oxygen atoms in total. The number of rotatable bonds is 4. The van der Waals surface area contributed by atoms with Gasteiger partial charge in [0.1, 0.15) is 5.54 Å². The third-order valence-electron chi connectivity index (χ3n) is 3.13. The van der Waals surface area contributed by atoms with Gasteiger partial charge in [0.05, 0.1) is 11.9 Å². The number of nitrogens with zero attached hydrogens (tertiary/aromatic N) is 1. The highest BCUT2D eigenvalue weighted by Crippen LogP contribution is 2.39. The molecule has 18 heavy (non-hydrogen) atoms. The fraction of sp³-hybridized carbons (Fsp3) is 0.417. The topological polar surface area (TPSA) is 91.3 Å². The second kappa shape index (κ2) is 4.64. The number of hydrogen-bond donors (Lipinski definition) is 3. The summed E-state index contributed by atoms with van der Waals surface area (Å²) in [6.45, 7) is 1.54. The molecule has 0 aromatic carbocycles. The van der Waals surface area contributed by atoms with Gasteiger partial charge in [-0.15, -0.1) is 0 Å². The number of pyridine rings is 1. The van der Waals surface area contributed by atoms with E-state index in [0.717, 1.165) is 12.8 Å². The highest BCUT2D eigenvalue weighted by Gasteiger charge is 2.48. The molecule has 1 aromatic heterocycles. The largest absolute Gasteiger partial charge is 0.480 e. The van der Waals surface area contributed by atoms with Gasteiger partial charge in [0.25, 0.3) is 0 Å². The minimum absolute atomic E-state index is 0.00893. The van der Waals surface area contributed by atoms with E-state index in [0.29, 0.717) is 5.69 Å². The Morgan fingerprint density at radius 2 is 2.22 bits per heavy atom. The number of aliphatic carboxylic acids is 1. The molecule has 0 bridgehead atoms. The van der Waals surface area contributed by atoms with E-state index in [-0.39, 0.29) is 5.92 Å². The van der Waals surface area contributed by atoms with E-state index in [1.807, 2.05) is 0 Å². The zero-order valence-corrected chi connectivity index (χ0v) is 10.0. The van der Waals surface area contributed by atoms with Crippen LogP contribution in [0.15, 0.2) is 24.5 Å². The van der Waals surface area contributed by atoms with Crippen molar-refractivity contribution in [3.63, 3.8) is 0 Å². The van der Waals surface area contributed by atoms with Crippen LogP contribution in [-0.4, -0.2) is 27.6 Å². The van der Waals surface area contributed by atoms with E-state index in [4.69, 9.17) is 0 Å². The van der Waals surface area contributed by atoms with Crippen LogP contribution in [0.4, 0.5) is 10.5 Å². The van der Waals surface area contributed by atoms with E-state index in [1.165, 1.54) is 13.1 Å². The molecule has 1 saturated carbocycles. The van der Waals surface area contributed by atoms with Crippen LogP contribution in [0.5, 0.6) is 0 Å². The van der Waals surface area contributed by atoms with Crippen LogP contribution < -0.4 is 10.6 Å². The van der Waals surface area contributed by atoms with Crippen molar-refractivity contribution in [2.45, 2.75) is 25.3 Å². The van der Waals surface area contributed by atoms with Gasteiger partial charge >= 0.3 is 12.0 Å². The normalized spacial score (nSPS) is 17.6. The monoisotopic (exact) mass is 249 g/mol. The average Bonchev–Trinajstić information content (AvgIpc) is 3.13. The maximum absolute atomic E-state index is 11.8. The molecule has 1 fully saturated rings. The summed E-state index contributed by atoms with van der Waals surface area (Å²) in [6, 6.07) is 2.84. The zero-order valence-electron chi connectivity index (χ0n) is 10.0. The van der Waals surface area contributed by atoms with Crippen LogP contribution in [-0.2, 0) is 4.79 Å². The third kappa shape index (κ3) is 2.58. The Hall–Kier alpha value is -2.11. The van der Waals surface area contributed by atoms with Gasteiger partial charge in [0, 0.05) is 6.20 Å². The first-order valence-electron chi connectivity index (χ1n) is 5.75. The Labute approximate surface area is 104 Å². The summed E-state index contributed by atoms with van der Waals surface area (Å²) >= 11 is 0. The summed E-state index contributed by atoms with van der Waals surface area (Å²) in [5, 5.41) is 14.3. The maximum Gasteiger partial charge on any atom is 0.329 e. The Morgan fingerprint density at radius 1 is 1.50 bits per heavy atom. The highest BCUT2D eigenvalue weighted by atomic mass is 16.4. The number of nitrogens with one attached hydrogen (secondary N) is 2. The van der Waals surface area contributed by atoms with Crippen molar-refractivity contribution in [3.8, 4) is 0 Å². The molecule has 1 atom stereocenters. The summed E-state index contributed by atoms with van der Waals surface area (Å²) in [4.78, 5) is 26.8. The number of carboxylic acid groups (broad SMARTS) is 1. The van der Waals surface area contributed by atoms with Gasteiger partial charge < -0.3 is 15.7 Å². The molecule has 0 saturated heterocycles. The van der Waals surface area contributed by atoms with Crippen molar-refractivity contribution in [1.29, 1.82) is 0 Å². The van der Waals surface area contributed by atoms with E-state index in [2.05, 4.69) is 15.6 Å². The number of carbonyl (C=O) groups is 2. The van der Waals surface area contributed by atoms with Crippen LogP contribution >= 0.6 is 0 Å². The summed E-state index contributed by atoms with van der Waals surface area (Å²) in [5.41, 5.74) is -0.676. The van der Waals surface area contributed by atoms with Crippen molar-refractivity contribution in [3.05, 3.63) is 24.5 Å². The lowest BCUT2D eigenvalue weighted by atomic mass is 9.96. The van der Waals surface area contributed by atoms with Crippen LogP contribution in [0.25, 0.3) is 0 Å². The van der Waals surface area contributed by atoms with Gasteiger partial charge in [-0.05, 0) is 37.8 Å². The Kier molecular flexibility index (Phi) is 3.18. The molecule has 1 aromatic rings. The number of hydrogen-bond acceptors (Lipinski definition) is 3. The molecule has 1 aliphatic carbocycles. The quantitative estimate of drug-likeness (QED) is 0.753. The summed E-state index contributed by atoms with van der Waals surface area (Å²) in [5.74, 6) is -0.999. The molecule has 2 rings (SSSR count). The summed E-state index contributed by atoms with van der Waals surface area (Å²) < 4.78 is 0. The lowest BCUT2D eigenvalue weighted by Crippen LogP contribution is -2.55. The SMILES string of the molecule is CC(NC(=O)Nc1cccnc1)(C(=O)O)C1CC1. The lowest BCUT2D eigenvalue weighted by molar-refractivity contribution is -0.144. The first-order valence-corrected chi connectivity index (χ1v) is 5.75. The van der Waals surface area contributed by atoms with Crippen LogP contribution in [0.2, 0.25) is 0 Å². The van der Waals surface area contributed by atoms with Crippen molar-refractivity contribution in [2.75, 3.05) is 5.32 Å². The number of carbonyl (C=O) groups excluding carboxylic acids is 1. The highest BCUT2D eigenvalue weighted by molar-refractivity contribution is 5.93. The van der Waals surface area contributed by atoms with E-state index in [1.54, 1.807) is 18.3 Å². The molecule has 0 aliphatic heterocycles. The van der Waals surface area contributed by atoms with Gasteiger partial charge in [-0.3, -0.25) is 4.98 Å².